The molecule has 0 saturated heterocycles. The van der Waals surface area contributed by atoms with E-state index in [0.717, 1.165) is 12.1 Å². The van der Waals surface area contributed by atoms with Gasteiger partial charge in [-0.2, -0.15) is 0 Å². The van der Waals surface area contributed by atoms with Crippen LogP contribution in [0.15, 0.2) is 18.2 Å². The number of halogens is 1. The third-order valence-corrected chi connectivity index (χ3v) is 1.47. The molecule has 0 amide bonds. The van der Waals surface area contributed by atoms with Crippen LogP contribution in [0.25, 0.3) is 0 Å². The van der Waals surface area contributed by atoms with E-state index < -0.39 is 17.1 Å². The largest absolute Gasteiger partial charge is 0.504 e. The minimum atomic E-state index is -1.19. The lowest BCUT2D eigenvalue weighted by Crippen LogP contribution is -1.99. The van der Waals surface area contributed by atoms with Gasteiger partial charge in [0.15, 0.2) is 11.5 Å². The van der Waals surface area contributed by atoms with Gasteiger partial charge < -0.3 is 14.9 Å². The number of carboxylic acid groups (broad SMARTS) is 1. The lowest BCUT2D eigenvalue weighted by molar-refractivity contribution is 0.0696. The molecule has 0 atom stereocenters. The van der Waals surface area contributed by atoms with Gasteiger partial charge in [0.1, 0.15) is 0 Å². The Labute approximate surface area is 83.5 Å². The number of ether oxygens (including phenoxy) is 1. The molecule has 14 heavy (non-hydrogen) atoms. The number of carboxylic acids is 1. The fourth-order valence-electron chi connectivity index (χ4n) is 0.823. The fraction of sp³-hybridized carbons (Fsp3) is 0. The van der Waals surface area contributed by atoms with Crippen molar-refractivity contribution in [2.45, 2.75) is 0 Å². The molecular formula is C8H5ClO5. The van der Waals surface area contributed by atoms with Crippen molar-refractivity contribution in [3.63, 3.8) is 0 Å². The first-order valence-corrected chi connectivity index (χ1v) is 3.82. The van der Waals surface area contributed by atoms with Crippen molar-refractivity contribution >= 4 is 23.0 Å². The van der Waals surface area contributed by atoms with Crippen LogP contribution in [0, 0.1) is 0 Å². The fourth-order valence-corrected chi connectivity index (χ4v) is 0.906. The van der Waals surface area contributed by atoms with Crippen LogP contribution in [-0.4, -0.2) is 21.6 Å². The molecule has 0 fully saturated rings. The molecule has 1 aromatic carbocycles. The predicted octanol–water partition coefficient (Wildman–Crippen LogP) is 1.83. The van der Waals surface area contributed by atoms with Crippen LogP contribution in [0.3, 0.4) is 0 Å². The first-order chi connectivity index (χ1) is 6.50. The van der Waals surface area contributed by atoms with Crippen LogP contribution < -0.4 is 4.74 Å². The molecule has 0 aliphatic rings. The summed E-state index contributed by atoms with van der Waals surface area (Å²) in [5.74, 6) is -1.84. The standard InChI is InChI=1S/C8H5ClO5/c9-8(13)14-6-2-1-4(7(11)12)3-5(6)10/h1-3,10H,(H,11,12). The zero-order valence-electron chi connectivity index (χ0n) is 6.73. The van der Waals surface area contributed by atoms with Crippen LogP contribution in [0.1, 0.15) is 10.4 Å². The number of carbonyl (C=O) groups excluding carboxylic acids is 1. The lowest BCUT2D eigenvalue weighted by Gasteiger charge is -2.03. The summed E-state index contributed by atoms with van der Waals surface area (Å²) in [4.78, 5) is 20.7. The molecule has 0 aromatic heterocycles. The van der Waals surface area contributed by atoms with Gasteiger partial charge in [-0.05, 0) is 18.2 Å². The highest BCUT2D eigenvalue weighted by Crippen LogP contribution is 2.27. The summed E-state index contributed by atoms with van der Waals surface area (Å²) in [6.07, 6.45) is 0. The van der Waals surface area contributed by atoms with Gasteiger partial charge in [0.2, 0.25) is 0 Å². The average Bonchev–Trinajstić information content (AvgIpc) is 2.07. The quantitative estimate of drug-likeness (QED) is 0.737. The van der Waals surface area contributed by atoms with Gasteiger partial charge in [-0.3, -0.25) is 0 Å². The van der Waals surface area contributed by atoms with E-state index in [9.17, 15) is 14.7 Å². The van der Waals surface area contributed by atoms with Crippen molar-refractivity contribution in [1.82, 2.24) is 0 Å². The minimum absolute atomic E-state index is 0.114. The van der Waals surface area contributed by atoms with E-state index >= 15 is 0 Å². The lowest BCUT2D eigenvalue weighted by atomic mass is 10.2. The molecule has 0 aliphatic heterocycles. The van der Waals surface area contributed by atoms with Gasteiger partial charge >= 0.3 is 11.4 Å². The van der Waals surface area contributed by atoms with Crippen LogP contribution in [-0.2, 0) is 0 Å². The Morgan fingerprint density at radius 1 is 1.36 bits per heavy atom. The second kappa shape index (κ2) is 3.97. The summed E-state index contributed by atoms with van der Waals surface area (Å²) in [5, 5.41) is 17.7. The molecular weight excluding hydrogens is 212 g/mol. The number of phenolic OH excluding ortho intramolecular Hbond substituents is 1. The van der Waals surface area contributed by atoms with E-state index in [1.807, 2.05) is 0 Å². The molecule has 1 aromatic rings. The number of phenols is 1. The summed E-state index contributed by atoms with van der Waals surface area (Å²) < 4.78 is 4.36. The molecule has 1 rings (SSSR count). The molecule has 6 heteroatoms. The monoisotopic (exact) mass is 216 g/mol. The van der Waals surface area contributed by atoms with Gasteiger partial charge in [-0.25, -0.2) is 9.59 Å². The highest BCUT2D eigenvalue weighted by molar-refractivity contribution is 6.61. The number of carbonyl (C=O) groups is 2. The van der Waals surface area contributed by atoms with E-state index in [-0.39, 0.29) is 11.3 Å². The van der Waals surface area contributed by atoms with E-state index in [4.69, 9.17) is 16.7 Å². The van der Waals surface area contributed by atoms with Gasteiger partial charge in [0.05, 0.1) is 5.56 Å². The second-order valence-corrected chi connectivity index (χ2v) is 2.64. The molecule has 0 aliphatic carbocycles. The van der Waals surface area contributed by atoms with Crippen molar-refractivity contribution in [3.05, 3.63) is 23.8 Å². The minimum Gasteiger partial charge on any atom is -0.504 e. The number of hydrogen-bond donors (Lipinski definition) is 2. The Balaban J connectivity index is 3.01. The molecule has 0 heterocycles. The molecule has 0 bridgehead atoms. The van der Waals surface area contributed by atoms with E-state index in [2.05, 4.69) is 4.74 Å². The second-order valence-electron chi connectivity index (χ2n) is 2.33. The maximum Gasteiger partial charge on any atom is 0.409 e. The van der Waals surface area contributed by atoms with Gasteiger partial charge in [0, 0.05) is 11.6 Å². The van der Waals surface area contributed by atoms with Crippen molar-refractivity contribution in [2.75, 3.05) is 0 Å². The SMILES string of the molecule is O=C(Cl)Oc1ccc(C(=O)O)cc1O. The highest BCUT2D eigenvalue weighted by atomic mass is 35.5. The summed E-state index contributed by atoms with van der Waals surface area (Å²) in [7, 11) is 0. The Morgan fingerprint density at radius 2 is 2.00 bits per heavy atom. The third-order valence-electron chi connectivity index (χ3n) is 1.40. The van der Waals surface area contributed by atoms with Crippen LogP contribution in [0.2, 0.25) is 0 Å². The maximum absolute atomic E-state index is 10.4. The Hall–Kier alpha value is -1.75. The molecule has 0 saturated carbocycles. The third kappa shape index (κ3) is 2.37. The summed E-state index contributed by atoms with van der Waals surface area (Å²) in [6, 6.07) is 3.27. The van der Waals surface area contributed by atoms with E-state index in [0.29, 0.717) is 0 Å². The zero-order valence-corrected chi connectivity index (χ0v) is 7.49. The molecule has 74 valence electrons. The maximum atomic E-state index is 10.4. The number of benzene rings is 1. The molecule has 5 nitrogen and oxygen atoms in total. The van der Waals surface area contributed by atoms with Gasteiger partial charge in [-0.1, -0.05) is 0 Å². The first kappa shape index (κ1) is 10.3. The van der Waals surface area contributed by atoms with Crippen LogP contribution in [0.5, 0.6) is 11.5 Å². The highest BCUT2D eigenvalue weighted by Gasteiger charge is 2.10. The zero-order chi connectivity index (χ0) is 10.7. The molecule has 0 spiro atoms. The smallest absolute Gasteiger partial charge is 0.409 e. The van der Waals surface area contributed by atoms with Crippen LogP contribution >= 0.6 is 11.6 Å². The topological polar surface area (TPSA) is 83.8 Å². The summed E-state index contributed by atoms with van der Waals surface area (Å²) in [5.41, 5.74) is -1.22. The number of hydrogen-bond acceptors (Lipinski definition) is 4. The molecule has 0 unspecified atom stereocenters. The normalized spacial score (nSPS) is 9.50. The van der Waals surface area contributed by atoms with Crippen molar-refractivity contribution in [3.8, 4) is 11.5 Å². The Bertz CT molecular complexity index is 387. The first-order valence-electron chi connectivity index (χ1n) is 3.44. The van der Waals surface area contributed by atoms with Crippen molar-refractivity contribution in [2.24, 2.45) is 0 Å². The summed E-state index contributed by atoms with van der Waals surface area (Å²) in [6.45, 7) is 0. The van der Waals surface area contributed by atoms with Crippen LogP contribution in [0.4, 0.5) is 4.79 Å². The van der Waals surface area contributed by atoms with Gasteiger partial charge in [0.25, 0.3) is 0 Å². The predicted molar refractivity (Wildman–Crippen MR) is 46.9 cm³/mol. The Morgan fingerprint density at radius 3 is 2.43 bits per heavy atom. The van der Waals surface area contributed by atoms with E-state index in [1.54, 1.807) is 0 Å². The molecule has 0 radical (unpaired) electrons. The molecule has 2 N–H and O–H groups in total. The number of aromatic carboxylic acids is 1. The van der Waals surface area contributed by atoms with Gasteiger partial charge in [-0.15, -0.1) is 0 Å². The average molecular weight is 217 g/mol. The number of aromatic hydroxyl groups is 1. The number of rotatable bonds is 2. The summed E-state index contributed by atoms with van der Waals surface area (Å²) >= 11 is 4.90. The van der Waals surface area contributed by atoms with Crippen molar-refractivity contribution < 1.29 is 24.5 Å². The van der Waals surface area contributed by atoms with E-state index in [1.165, 1.54) is 6.07 Å². The van der Waals surface area contributed by atoms with Crippen molar-refractivity contribution in [1.29, 1.82) is 0 Å². The Kier molecular flexibility index (Phi) is 2.93.